The quantitative estimate of drug-likeness (QED) is 0.788. The number of para-hydroxylation sites is 1. The molecule has 3 aromatic rings. The Morgan fingerprint density at radius 2 is 2.21 bits per heavy atom. The molecule has 2 heterocycles. The zero-order chi connectivity index (χ0) is 13.4. The first-order chi connectivity index (χ1) is 9.22. The molecule has 1 aromatic carbocycles. The molecule has 94 valence electrons. The molecule has 0 fully saturated rings. The molecule has 0 unspecified atom stereocenters. The van der Waals surface area contributed by atoms with Crippen molar-refractivity contribution in [2.24, 2.45) is 7.05 Å². The molecule has 0 aliphatic rings. The lowest BCUT2D eigenvalue weighted by Crippen LogP contribution is -1.91. The van der Waals surface area contributed by atoms with Crippen LogP contribution in [0, 0.1) is 11.3 Å². The Balaban J connectivity index is 2.22. The summed E-state index contributed by atoms with van der Waals surface area (Å²) in [5.74, 6) is 0.856. The highest BCUT2D eigenvalue weighted by Gasteiger charge is 2.16. The van der Waals surface area contributed by atoms with Crippen molar-refractivity contribution in [2.45, 2.75) is 6.42 Å². The number of nitrogens with zero attached hydrogens (tertiary/aromatic N) is 3. The lowest BCUT2D eigenvalue weighted by Gasteiger charge is -2.00. The SMILES string of the molecule is Cn1c(-c2c[nH]c3ccccc23)nc(CC#N)c1Br. The maximum absolute atomic E-state index is 8.82. The zero-order valence-corrected chi connectivity index (χ0v) is 11.9. The summed E-state index contributed by atoms with van der Waals surface area (Å²) in [5.41, 5.74) is 2.90. The lowest BCUT2D eigenvalue weighted by atomic mass is 10.1. The van der Waals surface area contributed by atoms with E-state index in [1.807, 2.05) is 36.0 Å². The topological polar surface area (TPSA) is 57.4 Å². The summed E-state index contributed by atoms with van der Waals surface area (Å²) in [6, 6.07) is 10.2. The molecule has 3 rings (SSSR count). The molecule has 0 saturated carbocycles. The van der Waals surface area contributed by atoms with Crippen LogP contribution in [0.4, 0.5) is 0 Å². The average Bonchev–Trinajstić information content (AvgIpc) is 2.96. The number of H-pyrrole nitrogens is 1. The monoisotopic (exact) mass is 314 g/mol. The van der Waals surface area contributed by atoms with E-state index in [4.69, 9.17) is 5.26 Å². The summed E-state index contributed by atoms with van der Waals surface area (Å²) in [6.45, 7) is 0. The molecule has 5 heteroatoms. The third-order valence-electron chi connectivity index (χ3n) is 3.17. The average molecular weight is 315 g/mol. The van der Waals surface area contributed by atoms with Gasteiger partial charge in [0.1, 0.15) is 10.4 Å². The molecule has 0 atom stereocenters. The van der Waals surface area contributed by atoms with Crippen LogP contribution in [0.3, 0.4) is 0 Å². The van der Waals surface area contributed by atoms with Gasteiger partial charge in [-0.3, -0.25) is 0 Å². The van der Waals surface area contributed by atoms with Crippen LogP contribution in [0.15, 0.2) is 35.1 Å². The van der Waals surface area contributed by atoms with Crippen LogP contribution in [0.5, 0.6) is 0 Å². The first kappa shape index (κ1) is 12.0. The number of nitrogens with one attached hydrogen (secondary N) is 1. The van der Waals surface area contributed by atoms with Gasteiger partial charge in [0.15, 0.2) is 0 Å². The van der Waals surface area contributed by atoms with E-state index in [0.717, 1.165) is 32.6 Å². The maximum atomic E-state index is 8.82. The Morgan fingerprint density at radius 1 is 1.42 bits per heavy atom. The second-order valence-corrected chi connectivity index (χ2v) is 5.07. The van der Waals surface area contributed by atoms with Crippen LogP contribution in [0.25, 0.3) is 22.3 Å². The van der Waals surface area contributed by atoms with E-state index in [1.54, 1.807) is 0 Å². The molecule has 0 aliphatic heterocycles. The van der Waals surface area contributed by atoms with E-state index in [2.05, 4.69) is 38.0 Å². The van der Waals surface area contributed by atoms with E-state index in [1.165, 1.54) is 0 Å². The van der Waals surface area contributed by atoms with Crippen molar-refractivity contribution in [3.8, 4) is 17.5 Å². The summed E-state index contributed by atoms with van der Waals surface area (Å²) in [4.78, 5) is 7.81. The van der Waals surface area contributed by atoms with E-state index in [9.17, 15) is 0 Å². The number of nitriles is 1. The van der Waals surface area contributed by atoms with Gasteiger partial charge in [-0.25, -0.2) is 4.98 Å². The van der Waals surface area contributed by atoms with Crippen LogP contribution in [0.1, 0.15) is 5.69 Å². The van der Waals surface area contributed by atoms with E-state index in [0.29, 0.717) is 6.42 Å². The number of hydrogen-bond acceptors (Lipinski definition) is 2. The van der Waals surface area contributed by atoms with Crippen molar-refractivity contribution in [1.29, 1.82) is 5.26 Å². The maximum Gasteiger partial charge on any atom is 0.143 e. The highest BCUT2D eigenvalue weighted by atomic mass is 79.9. The fourth-order valence-corrected chi connectivity index (χ4v) is 2.62. The Hall–Kier alpha value is -2.06. The zero-order valence-electron chi connectivity index (χ0n) is 10.3. The molecule has 1 N–H and O–H groups in total. The largest absolute Gasteiger partial charge is 0.360 e. The highest BCUT2D eigenvalue weighted by molar-refractivity contribution is 9.10. The van der Waals surface area contributed by atoms with Crippen LogP contribution < -0.4 is 0 Å². The number of hydrogen-bond donors (Lipinski definition) is 1. The van der Waals surface area contributed by atoms with Gasteiger partial charge in [-0.15, -0.1) is 0 Å². The summed E-state index contributed by atoms with van der Waals surface area (Å²) >= 11 is 3.49. The van der Waals surface area contributed by atoms with Gasteiger partial charge in [0.05, 0.1) is 18.2 Å². The van der Waals surface area contributed by atoms with Gasteiger partial charge in [0, 0.05) is 29.7 Å². The number of imidazole rings is 1. The smallest absolute Gasteiger partial charge is 0.143 e. The second kappa shape index (κ2) is 4.56. The molecule has 2 aromatic heterocycles. The van der Waals surface area contributed by atoms with Crippen molar-refractivity contribution in [3.05, 3.63) is 40.8 Å². The normalized spacial score (nSPS) is 10.8. The van der Waals surface area contributed by atoms with Crippen LogP contribution in [-0.4, -0.2) is 14.5 Å². The molecule has 0 bridgehead atoms. The van der Waals surface area contributed by atoms with Crippen LogP contribution in [-0.2, 0) is 13.5 Å². The Kier molecular flexibility index (Phi) is 2.88. The summed E-state index contributed by atoms with van der Waals surface area (Å²) in [5, 5.41) is 9.95. The van der Waals surface area contributed by atoms with Crippen molar-refractivity contribution in [1.82, 2.24) is 14.5 Å². The van der Waals surface area contributed by atoms with Crippen molar-refractivity contribution in [3.63, 3.8) is 0 Å². The predicted molar refractivity (Wildman–Crippen MR) is 77.5 cm³/mol. The fourth-order valence-electron chi connectivity index (χ4n) is 2.22. The first-order valence-electron chi connectivity index (χ1n) is 5.87. The summed E-state index contributed by atoms with van der Waals surface area (Å²) in [6.07, 6.45) is 2.26. The van der Waals surface area contributed by atoms with E-state index < -0.39 is 0 Å². The number of aromatic nitrogens is 3. The fraction of sp³-hybridized carbons (Fsp3) is 0.143. The molecule has 19 heavy (non-hydrogen) atoms. The van der Waals surface area contributed by atoms with Crippen molar-refractivity contribution < 1.29 is 0 Å². The molecule has 0 saturated heterocycles. The molecular weight excluding hydrogens is 304 g/mol. The number of fused-ring (bicyclic) bond motifs is 1. The molecule has 0 amide bonds. The van der Waals surface area contributed by atoms with Gasteiger partial charge in [-0.05, 0) is 22.0 Å². The summed E-state index contributed by atoms with van der Waals surface area (Å²) in [7, 11) is 1.94. The third kappa shape index (κ3) is 1.85. The number of rotatable bonds is 2. The molecular formula is C14H11BrN4. The minimum atomic E-state index is 0.302. The van der Waals surface area contributed by atoms with Crippen LogP contribution in [0.2, 0.25) is 0 Å². The van der Waals surface area contributed by atoms with E-state index in [-0.39, 0.29) is 0 Å². The minimum Gasteiger partial charge on any atom is -0.360 e. The molecule has 4 nitrogen and oxygen atoms in total. The highest BCUT2D eigenvalue weighted by Crippen LogP contribution is 2.30. The van der Waals surface area contributed by atoms with Gasteiger partial charge in [-0.2, -0.15) is 5.26 Å². The number of halogens is 1. The first-order valence-corrected chi connectivity index (χ1v) is 6.66. The van der Waals surface area contributed by atoms with E-state index >= 15 is 0 Å². The van der Waals surface area contributed by atoms with Gasteiger partial charge in [0.2, 0.25) is 0 Å². The van der Waals surface area contributed by atoms with Gasteiger partial charge in [-0.1, -0.05) is 18.2 Å². The second-order valence-electron chi connectivity index (χ2n) is 4.31. The Labute approximate surface area is 118 Å². The van der Waals surface area contributed by atoms with Gasteiger partial charge < -0.3 is 9.55 Å². The number of aromatic amines is 1. The Morgan fingerprint density at radius 3 is 3.00 bits per heavy atom. The minimum absolute atomic E-state index is 0.302. The standard InChI is InChI=1S/C14H11BrN4/c1-19-13(15)12(6-7-16)18-14(19)10-8-17-11-5-3-2-4-9(10)11/h2-5,8,17H,6H2,1H3. The molecule has 0 aliphatic carbocycles. The van der Waals surface area contributed by atoms with Crippen molar-refractivity contribution in [2.75, 3.05) is 0 Å². The van der Waals surface area contributed by atoms with Crippen molar-refractivity contribution >= 4 is 26.8 Å². The van der Waals surface area contributed by atoms with Gasteiger partial charge in [0.25, 0.3) is 0 Å². The third-order valence-corrected chi connectivity index (χ3v) is 4.16. The summed E-state index contributed by atoms with van der Waals surface area (Å²) < 4.78 is 2.82. The van der Waals surface area contributed by atoms with Crippen LogP contribution >= 0.6 is 15.9 Å². The Bertz CT molecular complexity index is 791. The molecule has 0 radical (unpaired) electrons. The lowest BCUT2D eigenvalue weighted by molar-refractivity contribution is 0.899. The predicted octanol–water partition coefficient (Wildman–Crippen LogP) is 3.40. The number of benzene rings is 1. The van der Waals surface area contributed by atoms with Gasteiger partial charge >= 0.3 is 0 Å². The molecule has 0 spiro atoms.